The molecule has 0 radical (unpaired) electrons. The lowest BCUT2D eigenvalue weighted by molar-refractivity contribution is 0.0997. The third-order valence-corrected chi connectivity index (χ3v) is 4.07. The average Bonchev–Trinajstić information content (AvgIpc) is 2.51. The minimum Gasteiger partial charge on any atom is -0.493 e. The van der Waals surface area contributed by atoms with Crippen LogP contribution in [0.5, 0.6) is 5.75 Å². The number of carbonyl (C=O) groups excluding carboxylic acids is 1. The Morgan fingerprint density at radius 1 is 1.18 bits per heavy atom. The zero-order chi connectivity index (χ0) is 15.9. The highest BCUT2D eigenvalue weighted by molar-refractivity contribution is 7.99. The Balaban J connectivity index is 2.24. The van der Waals surface area contributed by atoms with Crippen molar-refractivity contribution in [2.24, 2.45) is 5.73 Å². The van der Waals surface area contributed by atoms with E-state index in [1.807, 2.05) is 18.2 Å². The molecule has 0 aliphatic rings. The van der Waals surface area contributed by atoms with Gasteiger partial charge in [-0.2, -0.15) is 0 Å². The van der Waals surface area contributed by atoms with Gasteiger partial charge in [-0.25, -0.2) is 0 Å². The summed E-state index contributed by atoms with van der Waals surface area (Å²) in [6.07, 6.45) is 0.308. The first-order valence-electron chi connectivity index (χ1n) is 6.77. The van der Waals surface area contributed by atoms with E-state index in [0.29, 0.717) is 28.3 Å². The number of halogens is 1. The molecule has 0 heterocycles. The van der Waals surface area contributed by atoms with Gasteiger partial charge in [0.1, 0.15) is 5.75 Å². The van der Waals surface area contributed by atoms with E-state index in [9.17, 15) is 9.18 Å². The van der Waals surface area contributed by atoms with E-state index >= 15 is 0 Å². The molecule has 0 aromatic heterocycles. The minimum absolute atomic E-state index is 0.257. The largest absolute Gasteiger partial charge is 0.493 e. The number of nitrogens with two attached hydrogens (primary N) is 2. The fourth-order valence-corrected chi connectivity index (χ4v) is 2.79. The van der Waals surface area contributed by atoms with Crippen LogP contribution in [0.4, 0.5) is 10.1 Å². The summed E-state index contributed by atoms with van der Waals surface area (Å²) < 4.78 is 17.5. The predicted octanol–water partition coefficient (Wildman–Crippen LogP) is 3.26. The monoisotopic (exact) mass is 320 g/mol. The number of ether oxygens (including phenoxy) is 1. The SMILES string of the molecule is NC(=O)c1cc(OCCCF)ccc1Sc1ccccc1N. The van der Waals surface area contributed by atoms with Crippen molar-refractivity contribution < 1.29 is 13.9 Å². The van der Waals surface area contributed by atoms with Gasteiger partial charge < -0.3 is 16.2 Å². The summed E-state index contributed by atoms with van der Waals surface area (Å²) in [4.78, 5) is 13.2. The maximum absolute atomic E-state index is 12.1. The van der Waals surface area contributed by atoms with E-state index in [-0.39, 0.29) is 6.61 Å². The van der Waals surface area contributed by atoms with Crippen LogP contribution in [0, 0.1) is 0 Å². The van der Waals surface area contributed by atoms with Crippen molar-refractivity contribution in [3.63, 3.8) is 0 Å². The first kappa shape index (κ1) is 16.2. The van der Waals surface area contributed by atoms with E-state index in [1.165, 1.54) is 11.8 Å². The maximum atomic E-state index is 12.1. The molecule has 2 aromatic rings. The van der Waals surface area contributed by atoms with E-state index in [4.69, 9.17) is 16.2 Å². The fourth-order valence-electron chi connectivity index (χ4n) is 1.82. The summed E-state index contributed by atoms with van der Waals surface area (Å²) in [5, 5.41) is 0. The average molecular weight is 320 g/mol. The van der Waals surface area contributed by atoms with Gasteiger partial charge in [0.25, 0.3) is 0 Å². The van der Waals surface area contributed by atoms with Crippen LogP contribution in [0.15, 0.2) is 52.3 Å². The molecule has 2 aromatic carbocycles. The van der Waals surface area contributed by atoms with E-state index in [1.54, 1.807) is 24.3 Å². The molecule has 22 heavy (non-hydrogen) atoms. The topological polar surface area (TPSA) is 78.3 Å². The molecule has 0 fully saturated rings. The number of primary amides is 1. The number of alkyl halides is 1. The molecular weight excluding hydrogens is 303 g/mol. The molecule has 0 atom stereocenters. The summed E-state index contributed by atoms with van der Waals surface area (Å²) in [6.45, 7) is -0.184. The normalized spacial score (nSPS) is 10.4. The van der Waals surface area contributed by atoms with Gasteiger partial charge in [-0.3, -0.25) is 9.18 Å². The van der Waals surface area contributed by atoms with Crippen LogP contribution < -0.4 is 16.2 Å². The van der Waals surface area contributed by atoms with Gasteiger partial charge in [0.2, 0.25) is 5.91 Å². The maximum Gasteiger partial charge on any atom is 0.249 e. The van der Waals surface area contributed by atoms with Crippen molar-refractivity contribution in [2.75, 3.05) is 19.0 Å². The number of anilines is 1. The number of nitrogen functional groups attached to an aromatic ring is 1. The van der Waals surface area contributed by atoms with Crippen LogP contribution in [0.1, 0.15) is 16.8 Å². The molecule has 1 amide bonds. The van der Waals surface area contributed by atoms with Crippen molar-refractivity contribution in [1.82, 2.24) is 0 Å². The Hall–Kier alpha value is -2.21. The van der Waals surface area contributed by atoms with Crippen molar-refractivity contribution in [3.05, 3.63) is 48.0 Å². The highest BCUT2D eigenvalue weighted by Gasteiger charge is 2.12. The van der Waals surface area contributed by atoms with Crippen LogP contribution >= 0.6 is 11.8 Å². The Labute approximate surface area is 132 Å². The lowest BCUT2D eigenvalue weighted by Crippen LogP contribution is -2.12. The lowest BCUT2D eigenvalue weighted by atomic mass is 10.2. The molecule has 116 valence electrons. The Kier molecular flexibility index (Phi) is 5.66. The molecule has 0 spiro atoms. The van der Waals surface area contributed by atoms with Crippen LogP contribution in [-0.4, -0.2) is 19.2 Å². The predicted molar refractivity (Wildman–Crippen MR) is 86.0 cm³/mol. The zero-order valence-corrected chi connectivity index (χ0v) is 12.7. The number of hydrogen-bond acceptors (Lipinski definition) is 4. The molecular formula is C16H17FN2O2S. The minimum atomic E-state index is -0.548. The summed E-state index contributed by atoms with van der Waals surface area (Å²) in [7, 11) is 0. The van der Waals surface area contributed by atoms with E-state index in [0.717, 1.165) is 4.90 Å². The molecule has 4 N–H and O–H groups in total. The van der Waals surface area contributed by atoms with Crippen molar-refractivity contribution >= 4 is 23.4 Å². The molecule has 0 saturated heterocycles. The summed E-state index contributed by atoms with van der Waals surface area (Å²) in [6, 6.07) is 12.4. The van der Waals surface area contributed by atoms with E-state index in [2.05, 4.69) is 0 Å². The third-order valence-electron chi connectivity index (χ3n) is 2.90. The smallest absolute Gasteiger partial charge is 0.249 e. The summed E-state index contributed by atoms with van der Waals surface area (Å²) in [5.74, 6) is -0.0550. The van der Waals surface area contributed by atoms with Crippen molar-refractivity contribution in [2.45, 2.75) is 16.2 Å². The van der Waals surface area contributed by atoms with Crippen LogP contribution in [-0.2, 0) is 0 Å². The zero-order valence-electron chi connectivity index (χ0n) is 11.9. The van der Waals surface area contributed by atoms with Gasteiger partial charge in [-0.1, -0.05) is 23.9 Å². The Morgan fingerprint density at radius 3 is 2.64 bits per heavy atom. The molecule has 0 bridgehead atoms. The van der Waals surface area contributed by atoms with Crippen molar-refractivity contribution in [1.29, 1.82) is 0 Å². The first-order valence-corrected chi connectivity index (χ1v) is 7.58. The number of amides is 1. The number of rotatable bonds is 7. The number of para-hydroxylation sites is 1. The van der Waals surface area contributed by atoms with Gasteiger partial charge in [0.05, 0.1) is 18.8 Å². The quantitative estimate of drug-likeness (QED) is 0.606. The molecule has 0 aliphatic heterocycles. The van der Waals surface area contributed by atoms with Gasteiger partial charge in [-0.05, 0) is 30.3 Å². The second-order valence-electron chi connectivity index (χ2n) is 4.55. The van der Waals surface area contributed by atoms with Crippen LogP contribution in [0.25, 0.3) is 0 Å². The standard InChI is InChI=1S/C16H17FN2O2S/c17-8-3-9-21-11-6-7-14(12(10-11)16(19)20)22-15-5-2-1-4-13(15)18/h1-2,4-7,10H,3,8-9,18H2,(H2,19,20). The highest BCUT2D eigenvalue weighted by atomic mass is 32.2. The highest BCUT2D eigenvalue weighted by Crippen LogP contribution is 2.35. The first-order chi connectivity index (χ1) is 10.6. The number of benzene rings is 2. The van der Waals surface area contributed by atoms with Gasteiger partial charge >= 0.3 is 0 Å². The Bertz CT molecular complexity index is 664. The van der Waals surface area contributed by atoms with Gasteiger partial charge in [0, 0.05) is 21.9 Å². The number of carbonyl (C=O) groups is 1. The number of hydrogen-bond donors (Lipinski definition) is 2. The fraction of sp³-hybridized carbons (Fsp3) is 0.188. The van der Waals surface area contributed by atoms with Gasteiger partial charge in [-0.15, -0.1) is 0 Å². The molecule has 6 heteroatoms. The molecule has 0 aliphatic carbocycles. The summed E-state index contributed by atoms with van der Waals surface area (Å²) in [5.41, 5.74) is 12.3. The second-order valence-corrected chi connectivity index (χ2v) is 5.64. The molecule has 4 nitrogen and oxygen atoms in total. The molecule has 0 unspecified atom stereocenters. The third kappa shape index (κ3) is 4.14. The van der Waals surface area contributed by atoms with Gasteiger partial charge in [0.15, 0.2) is 0 Å². The second kappa shape index (κ2) is 7.70. The van der Waals surface area contributed by atoms with Crippen LogP contribution in [0.3, 0.4) is 0 Å². The molecule has 0 saturated carbocycles. The van der Waals surface area contributed by atoms with Crippen LogP contribution in [0.2, 0.25) is 0 Å². The molecule has 2 rings (SSSR count). The van der Waals surface area contributed by atoms with E-state index < -0.39 is 12.6 Å². The summed E-state index contributed by atoms with van der Waals surface area (Å²) >= 11 is 1.36. The lowest BCUT2D eigenvalue weighted by Gasteiger charge is -2.11. The Morgan fingerprint density at radius 2 is 1.95 bits per heavy atom. The van der Waals surface area contributed by atoms with Crippen molar-refractivity contribution in [3.8, 4) is 5.75 Å².